The molecule has 1 aromatic rings. The first-order valence-corrected chi connectivity index (χ1v) is 7.82. The number of hydrogen-bond donors (Lipinski definition) is 1. The first-order valence-electron chi connectivity index (χ1n) is 7.44. The van der Waals surface area contributed by atoms with Crippen molar-refractivity contribution in [3.8, 4) is 0 Å². The fraction of sp³-hybridized carbons (Fsp3) is 0.562. The lowest BCUT2D eigenvalue weighted by molar-refractivity contribution is -0.107. The van der Waals surface area contributed by atoms with Crippen LogP contribution in [0.1, 0.15) is 46.5 Å². The Kier molecular flexibility index (Phi) is 10.9. The second-order valence-electron chi connectivity index (χ2n) is 4.75. The number of nitrogens with zero attached hydrogens (tertiary/aromatic N) is 1. The minimum Gasteiger partial charge on any atom is -0.331 e. The molecule has 21 heavy (non-hydrogen) atoms. The Hall–Kier alpha value is -1.13. The predicted octanol–water partition coefficient (Wildman–Crippen LogP) is 4.38. The van der Waals surface area contributed by atoms with Crippen molar-refractivity contribution in [3.05, 3.63) is 29.0 Å². The zero-order chi connectivity index (χ0) is 16.3. The smallest absolute Gasteiger partial charge is 0.214 e. The van der Waals surface area contributed by atoms with E-state index >= 15 is 0 Å². The van der Waals surface area contributed by atoms with Crippen molar-refractivity contribution >= 4 is 23.7 Å². The summed E-state index contributed by atoms with van der Waals surface area (Å²) in [4.78, 5) is 12.9. The molecule has 1 amide bonds. The van der Waals surface area contributed by atoms with Gasteiger partial charge in [-0.25, -0.2) is 4.39 Å². The average molecular weight is 317 g/mol. The minimum absolute atomic E-state index is 0.0473. The van der Waals surface area contributed by atoms with Gasteiger partial charge in [0.05, 0.1) is 5.02 Å². The molecule has 0 atom stereocenters. The van der Waals surface area contributed by atoms with E-state index < -0.39 is 5.82 Å². The summed E-state index contributed by atoms with van der Waals surface area (Å²) < 4.78 is 13.1. The van der Waals surface area contributed by atoms with Gasteiger partial charge in [-0.15, -0.1) is 0 Å². The van der Waals surface area contributed by atoms with E-state index in [0.717, 1.165) is 38.6 Å². The maximum Gasteiger partial charge on any atom is 0.214 e. The molecule has 0 aliphatic rings. The van der Waals surface area contributed by atoms with Gasteiger partial charge in [-0.1, -0.05) is 45.2 Å². The lowest BCUT2D eigenvalue weighted by Gasteiger charge is -2.28. The minimum atomic E-state index is -0.464. The van der Waals surface area contributed by atoms with Crippen LogP contribution in [0.25, 0.3) is 0 Å². The number of carbonyl (C=O) groups is 1. The number of rotatable bonds is 7. The van der Waals surface area contributed by atoms with Crippen LogP contribution in [0, 0.1) is 5.82 Å². The molecule has 0 aromatic heterocycles. The summed E-state index contributed by atoms with van der Waals surface area (Å²) in [6, 6.07) is 4.54. The molecule has 5 heteroatoms. The van der Waals surface area contributed by atoms with E-state index in [1.807, 2.05) is 6.92 Å². The van der Waals surface area contributed by atoms with E-state index in [-0.39, 0.29) is 11.1 Å². The van der Waals surface area contributed by atoms with Crippen molar-refractivity contribution < 1.29 is 9.18 Å². The van der Waals surface area contributed by atoms with Gasteiger partial charge < -0.3 is 10.6 Å². The number of hydrogen-bond acceptors (Lipinski definition) is 2. The summed E-state index contributed by atoms with van der Waals surface area (Å²) in [5.74, 6) is -0.464. The summed E-state index contributed by atoms with van der Waals surface area (Å²) >= 11 is 5.76. The number of benzene rings is 1. The number of amides is 1. The van der Waals surface area contributed by atoms with Gasteiger partial charge >= 0.3 is 0 Å². The van der Waals surface area contributed by atoms with Gasteiger partial charge in [0, 0.05) is 11.7 Å². The van der Waals surface area contributed by atoms with E-state index in [4.69, 9.17) is 17.3 Å². The van der Waals surface area contributed by atoms with Crippen molar-refractivity contribution in [1.82, 2.24) is 0 Å². The quantitative estimate of drug-likeness (QED) is 0.759. The van der Waals surface area contributed by atoms with Crippen LogP contribution in [0.2, 0.25) is 5.02 Å². The fourth-order valence-electron chi connectivity index (χ4n) is 2.09. The van der Waals surface area contributed by atoms with Gasteiger partial charge in [-0.3, -0.25) is 4.79 Å². The Morgan fingerprint density at radius 1 is 1.29 bits per heavy atom. The Morgan fingerprint density at radius 2 is 1.81 bits per heavy atom. The van der Waals surface area contributed by atoms with Crippen LogP contribution in [-0.2, 0) is 4.79 Å². The standard InChI is InChI=1S/C14H19ClFNO.C2H7N/c1-3-5-11(6-4-2)17(10-18)12-7-8-14(16)13(15)9-12;1-2-3/h7-11H,3-6H2,1-2H3;2-3H2,1H3. The molecule has 0 aliphatic carbocycles. The van der Waals surface area contributed by atoms with Crippen LogP contribution in [0.3, 0.4) is 0 Å². The molecule has 0 aliphatic heterocycles. The molecule has 120 valence electrons. The zero-order valence-electron chi connectivity index (χ0n) is 13.1. The van der Waals surface area contributed by atoms with E-state index in [1.165, 1.54) is 12.1 Å². The van der Waals surface area contributed by atoms with Crippen molar-refractivity contribution in [2.24, 2.45) is 5.73 Å². The summed E-state index contributed by atoms with van der Waals surface area (Å²) in [7, 11) is 0. The SMILES string of the molecule is CCCC(CCC)N(C=O)c1ccc(F)c(Cl)c1.CCN. The highest BCUT2D eigenvalue weighted by molar-refractivity contribution is 6.31. The Labute approximate surface area is 132 Å². The highest BCUT2D eigenvalue weighted by Gasteiger charge is 2.17. The number of anilines is 1. The van der Waals surface area contributed by atoms with E-state index in [9.17, 15) is 9.18 Å². The molecule has 0 radical (unpaired) electrons. The van der Waals surface area contributed by atoms with Crippen molar-refractivity contribution in [3.63, 3.8) is 0 Å². The second kappa shape index (κ2) is 11.5. The molecule has 3 nitrogen and oxygen atoms in total. The summed E-state index contributed by atoms with van der Waals surface area (Å²) in [6.45, 7) is 6.83. The van der Waals surface area contributed by atoms with Gasteiger partial charge in [0.1, 0.15) is 5.82 Å². The summed E-state index contributed by atoms with van der Waals surface area (Å²) in [6.07, 6.45) is 4.68. The molecule has 0 saturated carbocycles. The maximum absolute atomic E-state index is 13.1. The Morgan fingerprint density at radius 3 is 2.19 bits per heavy atom. The van der Waals surface area contributed by atoms with Crippen LogP contribution in [-0.4, -0.2) is 19.0 Å². The number of halogens is 2. The Bertz CT molecular complexity index is 409. The van der Waals surface area contributed by atoms with Gasteiger partial charge in [0.2, 0.25) is 6.41 Å². The first kappa shape index (κ1) is 19.9. The van der Waals surface area contributed by atoms with Crippen LogP contribution in [0.15, 0.2) is 18.2 Å². The average Bonchev–Trinajstić information content (AvgIpc) is 2.45. The largest absolute Gasteiger partial charge is 0.331 e. The van der Waals surface area contributed by atoms with Gasteiger partial charge in [-0.2, -0.15) is 0 Å². The molecule has 0 saturated heterocycles. The van der Waals surface area contributed by atoms with Crippen LogP contribution in [0.5, 0.6) is 0 Å². The molecule has 2 N–H and O–H groups in total. The fourth-order valence-corrected chi connectivity index (χ4v) is 2.27. The third kappa shape index (κ3) is 6.91. The highest BCUT2D eigenvalue weighted by Crippen LogP contribution is 2.25. The molecule has 0 spiro atoms. The van der Waals surface area contributed by atoms with E-state index in [2.05, 4.69) is 13.8 Å². The Balaban J connectivity index is 0.00000122. The third-order valence-corrected chi connectivity index (χ3v) is 3.24. The zero-order valence-corrected chi connectivity index (χ0v) is 13.9. The van der Waals surface area contributed by atoms with Crippen LogP contribution >= 0.6 is 11.6 Å². The molecular weight excluding hydrogens is 291 g/mol. The predicted molar refractivity (Wildman–Crippen MR) is 88.3 cm³/mol. The molecule has 0 bridgehead atoms. The molecule has 1 rings (SSSR count). The van der Waals surface area contributed by atoms with Crippen molar-refractivity contribution in [1.29, 1.82) is 0 Å². The van der Waals surface area contributed by atoms with Crippen molar-refractivity contribution in [2.45, 2.75) is 52.5 Å². The lowest BCUT2D eigenvalue weighted by atomic mass is 10.0. The van der Waals surface area contributed by atoms with Gasteiger partial charge in [0.15, 0.2) is 0 Å². The topological polar surface area (TPSA) is 46.3 Å². The second-order valence-corrected chi connectivity index (χ2v) is 5.16. The summed E-state index contributed by atoms with van der Waals surface area (Å²) in [5, 5.41) is 0.0473. The monoisotopic (exact) mass is 316 g/mol. The third-order valence-electron chi connectivity index (χ3n) is 2.95. The van der Waals surface area contributed by atoms with Gasteiger partial charge in [0.25, 0.3) is 0 Å². The first-order chi connectivity index (χ1) is 10.0. The maximum atomic E-state index is 13.1. The highest BCUT2D eigenvalue weighted by atomic mass is 35.5. The number of carbonyl (C=O) groups excluding carboxylic acids is 1. The van der Waals surface area contributed by atoms with E-state index in [0.29, 0.717) is 5.69 Å². The molecular formula is C16H26ClFN2O. The molecule has 1 aromatic carbocycles. The van der Waals surface area contributed by atoms with Gasteiger partial charge in [-0.05, 0) is 37.6 Å². The molecule has 0 unspecified atom stereocenters. The molecule has 0 heterocycles. The molecule has 0 fully saturated rings. The number of nitrogens with two attached hydrogens (primary N) is 1. The lowest BCUT2D eigenvalue weighted by Crippen LogP contribution is -2.34. The van der Waals surface area contributed by atoms with Crippen LogP contribution < -0.4 is 10.6 Å². The van der Waals surface area contributed by atoms with Crippen LogP contribution in [0.4, 0.5) is 10.1 Å². The normalized spacial score (nSPS) is 10.0. The summed E-state index contributed by atoms with van der Waals surface area (Å²) in [5.41, 5.74) is 5.50. The van der Waals surface area contributed by atoms with Crippen molar-refractivity contribution in [2.75, 3.05) is 11.4 Å². The van der Waals surface area contributed by atoms with E-state index in [1.54, 1.807) is 11.0 Å².